The van der Waals surface area contributed by atoms with Gasteiger partial charge in [0.15, 0.2) is 0 Å². The zero-order valence-corrected chi connectivity index (χ0v) is 11.5. The van der Waals surface area contributed by atoms with Crippen molar-refractivity contribution in [2.45, 2.75) is 45.2 Å². The predicted octanol–water partition coefficient (Wildman–Crippen LogP) is 4.12. The van der Waals surface area contributed by atoms with E-state index in [1.54, 1.807) is 0 Å². The van der Waals surface area contributed by atoms with Gasteiger partial charge in [0, 0.05) is 17.1 Å². The van der Waals surface area contributed by atoms with Crippen LogP contribution in [0, 0.1) is 5.92 Å². The van der Waals surface area contributed by atoms with Crippen molar-refractivity contribution in [3.8, 4) is 0 Å². The molecule has 88 valence electrons. The van der Waals surface area contributed by atoms with E-state index in [-0.39, 0.29) is 0 Å². The van der Waals surface area contributed by atoms with Crippen molar-refractivity contribution >= 4 is 15.9 Å². The van der Waals surface area contributed by atoms with Crippen molar-refractivity contribution in [3.63, 3.8) is 0 Å². The molecular formula is C14H20BrN. The maximum absolute atomic E-state index is 3.60. The maximum Gasteiger partial charge on any atom is 0.0208 e. The Morgan fingerprint density at radius 2 is 2.25 bits per heavy atom. The molecule has 1 aliphatic carbocycles. The molecule has 0 bridgehead atoms. The molecule has 0 aromatic heterocycles. The van der Waals surface area contributed by atoms with E-state index in [4.69, 9.17) is 0 Å². The number of rotatable bonds is 5. The highest BCUT2D eigenvalue weighted by Crippen LogP contribution is 2.30. The highest BCUT2D eigenvalue weighted by atomic mass is 79.9. The standard InChI is InChI=1S/C14H20BrN/c1-11(8-12-4-2-5-12)16-10-13-6-3-7-14(15)9-13/h3,6-7,9,11-12,16H,2,4-5,8,10H2,1H3. The summed E-state index contributed by atoms with van der Waals surface area (Å²) in [7, 11) is 0. The Morgan fingerprint density at radius 3 is 2.88 bits per heavy atom. The molecule has 16 heavy (non-hydrogen) atoms. The Labute approximate surface area is 107 Å². The average molecular weight is 282 g/mol. The fraction of sp³-hybridized carbons (Fsp3) is 0.571. The molecule has 1 aliphatic rings. The van der Waals surface area contributed by atoms with E-state index >= 15 is 0 Å². The summed E-state index contributed by atoms with van der Waals surface area (Å²) in [6.07, 6.45) is 5.68. The van der Waals surface area contributed by atoms with Crippen molar-refractivity contribution in [1.82, 2.24) is 5.32 Å². The van der Waals surface area contributed by atoms with Crippen LogP contribution in [0.25, 0.3) is 0 Å². The second-order valence-electron chi connectivity index (χ2n) is 4.94. The molecule has 0 amide bonds. The van der Waals surface area contributed by atoms with Crippen LogP contribution in [0.1, 0.15) is 38.2 Å². The van der Waals surface area contributed by atoms with E-state index < -0.39 is 0 Å². The SMILES string of the molecule is CC(CC1CCC1)NCc1cccc(Br)c1. The molecule has 1 nitrogen and oxygen atoms in total. The second kappa shape index (κ2) is 5.83. The molecule has 0 radical (unpaired) electrons. The first-order valence-electron chi connectivity index (χ1n) is 6.22. The van der Waals surface area contributed by atoms with Crippen molar-refractivity contribution in [2.75, 3.05) is 0 Å². The van der Waals surface area contributed by atoms with Crippen LogP contribution in [-0.4, -0.2) is 6.04 Å². The van der Waals surface area contributed by atoms with Gasteiger partial charge in [-0.05, 0) is 37.0 Å². The lowest BCUT2D eigenvalue weighted by molar-refractivity contribution is 0.265. The minimum absolute atomic E-state index is 0.643. The van der Waals surface area contributed by atoms with Crippen LogP contribution in [0.3, 0.4) is 0 Å². The number of hydrogen-bond acceptors (Lipinski definition) is 1. The monoisotopic (exact) mass is 281 g/mol. The third kappa shape index (κ3) is 3.60. The summed E-state index contributed by atoms with van der Waals surface area (Å²) in [4.78, 5) is 0. The van der Waals surface area contributed by atoms with Gasteiger partial charge in [-0.15, -0.1) is 0 Å². The Bertz CT molecular complexity index is 333. The first-order chi connectivity index (χ1) is 7.74. The third-order valence-corrected chi connectivity index (χ3v) is 3.95. The number of nitrogens with one attached hydrogen (secondary N) is 1. The lowest BCUT2D eigenvalue weighted by Gasteiger charge is -2.28. The van der Waals surface area contributed by atoms with Gasteiger partial charge in [0.2, 0.25) is 0 Å². The Balaban J connectivity index is 1.73. The molecule has 1 unspecified atom stereocenters. The predicted molar refractivity (Wildman–Crippen MR) is 72.4 cm³/mol. The lowest BCUT2D eigenvalue weighted by atomic mass is 9.81. The topological polar surface area (TPSA) is 12.0 Å². The molecule has 1 fully saturated rings. The van der Waals surface area contributed by atoms with Crippen LogP contribution in [-0.2, 0) is 6.54 Å². The minimum Gasteiger partial charge on any atom is -0.310 e. The van der Waals surface area contributed by atoms with Crippen molar-refractivity contribution in [1.29, 1.82) is 0 Å². The summed E-state index contributed by atoms with van der Waals surface area (Å²) < 4.78 is 1.17. The molecule has 0 aliphatic heterocycles. The molecule has 1 atom stereocenters. The average Bonchev–Trinajstić information content (AvgIpc) is 2.21. The van der Waals surface area contributed by atoms with E-state index in [1.807, 2.05) is 0 Å². The summed E-state index contributed by atoms with van der Waals surface area (Å²) >= 11 is 3.50. The van der Waals surface area contributed by atoms with Crippen LogP contribution in [0.5, 0.6) is 0 Å². The Kier molecular flexibility index (Phi) is 4.42. The second-order valence-corrected chi connectivity index (χ2v) is 5.86. The fourth-order valence-corrected chi connectivity index (χ4v) is 2.70. The van der Waals surface area contributed by atoms with Gasteiger partial charge in [0.25, 0.3) is 0 Å². The molecular weight excluding hydrogens is 262 g/mol. The van der Waals surface area contributed by atoms with E-state index in [0.29, 0.717) is 6.04 Å². The van der Waals surface area contributed by atoms with Gasteiger partial charge in [0.1, 0.15) is 0 Å². The van der Waals surface area contributed by atoms with Crippen molar-refractivity contribution in [3.05, 3.63) is 34.3 Å². The van der Waals surface area contributed by atoms with Gasteiger partial charge in [-0.3, -0.25) is 0 Å². The number of hydrogen-bond donors (Lipinski definition) is 1. The van der Waals surface area contributed by atoms with Crippen LogP contribution < -0.4 is 5.32 Å². The first kappa shape index (κ1) is 12.1. The largest absolute Gasteiger partial charge is 0.310 e. The third-order valence-electron chi connectivity index (χ3n) is 3.46. The van der Waals surface area contributed by atoms with E-state index in [0.717, 1.165) is 12.5 Å². The van der Waals surface area contributed by atoms with Gasteiger partial charge in [-0.2, -0.15) is 0 Å². The first-order valence-corrected chi connectivity index (χ1v) is 7.01. The van der Waals surface area contributed by atoms with Crippen LogP contribution in [0.4, 0.5) is 0 Å². The van der Waals surface area contributed by atoms with Crippen LogP contribution in [0.2, 0.25) is 0 Å². The fourth-order valence-electron chi connectivity index (χ4n) is 2.25. The molecule has 1 aromatic rings. The van der Waals surface area contributed by atoms with E-state index in [1.165, 1.54) is 35.7 Å². The van der Waals surface area contributed by atoms with E-state index in [9.17, 15) is 0 Å². The summed E-state index contributed by atoms with van der Waals surface area (Å²) in [6, 6.07) is 9.17. The van der Waals surface area contributed by atoms with Gasteiger partial charge in [-0.1, -0.05) is 47.3 Å². The molecule has 0 heterocycles. The molecule has 1 saturated carbocycles. The van der Waals surface area contributed by atoms with Gasteiger partial charge >= 0.3 is 0 Å². The van der Waals surface area contributed by atoms with Crippen LogP contribution >= 0.6 is 15.9 Å². The van der Waals surface area contributed by atoms with Gasteiger partial charge in [-0.25, -0.2) is 0 Å². The highest BCUT2D eigenvalue weighted by Gasteiger charge is 2.19. The smallest absolute Gasteiger partial charge is 0.0208 e. The zero-order valence-electron chi connectivity index (χ0n) is 9.88. The maximum atomic E-state index is 3.60. The quantitative estimate of drug-likeness (QED) is 0.856. The number of halogens is 1. The molecule has 1 N–H and O–H groups in total. The molecule has 0 spiro atoms. The summed E-state index contributed by atoms with van der Waals surface area (Å²) in [5.41, 5.74) is 1.36. The molecule has 2 heteroatoms. The van der Waals surface area contributed by atoms with Crippen LogP contribution in [0.15, 0.2) is 28.7 Å². The summed E-state index contributed by atoms with van der Waals surface area (Å²) in [6.45, 7) is 3.28. The molecule has 2 rings (SSSR count). The van der Waals surface area contributed by atoms with Crippen molar-refractivity contribution in [2.24, 2.45) is 5.92 Å². The molecule has 0 saturated heterocycles. The van der Waals surface area contributed by atoms with Gasteiger partial charge in [0.05, 0.1) is 0 Å². The lowest BCUT2D eigenvalue weighted by Crippen LogP contribution is -2.29. The Hall–Kier alpha value is -0.340. The van der Waals surface area contributed by atoms with Crippen molar-refractivity contribution < 1.29 is 0 Å². The summed E-state index contributed by atoms with van der Waals surface area (Å²) in [5.74, 6) is 0.991. The highest BCUT2D eigenvalue weighted by molar-refractivity contribution is 9.10. The number of benzene rings is 1. The summed E-state index contributed by atoms with van der Waals surface area (Å²) in [5, 5.41) is 3.60. The Morgan fingerprint density at radius 1 is 1.44 bits per heavy atom. The van der Waals surface area contributed by atoms with Gasteiger partial charge < -0.3 is 5.32 Å². The normalized spacial score (nSPS) is 18.1. The molecule has 1 aromatic carbocycles. The zero-order chi connectivity index (χ0) is 11.4. The van der Waals surface area contributed by atoms with E-state index in [2.05, 4.69) is 52.4 Å². The minimum atomic E-state index is 0.643.